The van der Waals surface area contributed by atoms with E-state index in [2.05, 4.69) is 59.9 Å². The van der Waals surface area contributed by atoms with Crippen LogP contribution in [0.1, 0.15) is 17.0 Å². The molecule has 0 bridgehead atoms. The van der Waals surface area contributed by atoms with Crippen LogP contribution in [0.5, 0.6) is 5.75 Å². The molecule has 2 heteroatoms. The number of hydrogen-bond acceptors (Lipinski definition) is 2. The molecule has 2 atom stereocenters. The van der Waals surface area contributed by atoms with Crippen molar-refractivity contribution in [2.75, 3.05) is 13.7 Å². The molecule has 0 aromatic heterocycles. The second-order valence-electron chi connectivity index (χ2n) is 5.02. The molecule has 0 radical (unpaired) electrons. The van der Waals surface area contributed by atoms with E-state index < -0.39 is 0 Å². The van der Waals surface area contributed by atoms with Crippen molar-refractivity contribution in [3.05, 3.63) is 77.9 Å². The molecule has 2 aromatic carbocycles. The van der Waals surface area contributed by atoms with Gasteiger partial charge in [-0.15, -0.1) is 0 Å². The Hall–Kier alpha value is -2.06. The van der Waals surface area contributed by atoms with Gasteiger partial charge in [0.1, 0.15) is 5.75 Å². The number of methoxy groups -OCH3 is 1. The third kappa shape index (κ3) is 2.61. The first-order valence-electron chi connectivity index (χ1n) is 6.97. The second-order valence-corrected chi connectivity index (χ2v) is 5.02. The Bertz CT molecular complexity index is 574. The molecule has 1 heterocycles. The summed E-state index contributed by atoms with van der Waals surface area (Å²) < 4.78 is 5.25. The normalized spacial score (nSPS) is 18.9. The lowest BCUT2D eigenvalue weighted by Gasteiger charge is -2.24. The fourth-order valence-electron chi connectivity index (χ4n) is 2.79. The first kappa shape index (κ1) is 12.9. The van der Waals surface area contributed by atoms with Gasteiger partial charge in [-0.3, -0.25) is 0 Å². The number of hydrogen-bond donors (Lipinski definition) is 1. The van der Waals surface area contributed by atoms with E-state index >= 15 is 0 Å². The molecule has 102 valence electrons. The maximum Gasteiger partial charge on any atom is 0.118 e. The minimum absolute atomic E-state index is 0.334. The molecule has 3 rings (SSSR count). The Balaban J connectivity index is 1.98. The van der Waals surface area contributed by atoms with Crippen molar-refractivity contribution in [1.82, 2.24) is 5.32 Å². The van der Waals surface area contributed by atoms with Gasteiger partial charge in [-0.25, -0.2) is 0 Å². The van der Waals surface area contributed by atoms with Crippen LogP contribution in [0.4, 0.5) is 0 Å². The summed E-state index contributed by atoms with van der Waals surface area (Å²) in [5.41, 5.74) is 2.64. The van der Waals surface area contributed by atoms with Crippen molar-refractivity contribution in [3.63, 3.8) is 0 Å². The van der Waals surface area contributed by atoms with E-state index in [1.807, 2.05) is 12.1 Å². The summed E-state index contributed by atoms with van der Waals surface area (Å²) in [6, 6.07) is 19.4. The number of ether oxygens (including phenoxy) is 1. The van der Waals surface area contributed by atoms with Crippen LogP contribution in [0, 0.1) is 0 Å². The van der Waals surface area contributed by atoms with Crippen LogP contribution in [-0.2, 0) is 0 Å². The molecule has 2 aromatic rings. The summed E-state index contributed by atoms with van der Waals surface area (Å²) in [6.45, 7) is 0.949. The van der Waals surface area contributed by atoms with E-state index in [0.717, 1.165) is 12.3 Å². The molecule has 2 nitrogen and oxygen atoms in total. The molecule has 0 spiro atoms. The van der Waals surface area contributed by atoms with Crippen molar-refractivity contribution >= 4 is 0 Å². The van der Waals surface area contributed by atoms with Crippen LogP contribution in [0.25, 0.3) is 0 Å². The first-order chi connectivity index (χ1) is 9.88. The molecular weight excluding hydrogens is 246 g/mol. The molecule has 0 unspecified atom stereocenters. The van der Waals surface area contributed by atoms with Gasteiger partial charge >= 0.3 is 0 Å². The molecule has 0 amide bonds. The standard InChI is InChI=1S/C18H19NO/c1-20-16-11-9-15(10-12-16)18(17-8-5-13-19-17)14-6-3-2-4-7-14/h2-12,17-19H,13H2,1H3/t17-,18+/m1/s1. The molecule has 1 N–H and O–H groups in total. The molecule has 1 aliphatic rings. The summed E-state index contributed by atoms with van der Waals surface area (Å²) >= 11 is 0. The highest BCUT2D eigenvalue weighted by atomic mass is 16.5. The third-order valence-corrected chi connectivity index (χ3v) is 3.81. The predicted molar refractivity (Wildman–Crippen MR) is 82.2 cm³/mol. The van der Waals surface area contributed by atoms with Crippen LogP contribution in [-0.4, -0.2) is 19.7 Å². The van der Waals surface area contributed by atoms with E-state index in [1.165, 1.54) is 11.1 Å². The highest BCUT2D eigenvalue weighted by Gasteiger charge is 2.24. The van der Waals surface area contributed by atoms with Crippen LogP contribution >= 0.6 is 0 Å². The average Bonchev–Trinajstić information content (AvgIpc) is 3.03. The largest absolute Gasteiger partial charge is 0.497 e. The van der Waals surface area contributed by atoms with Crippen LogP contribution < -0.4 is 10.1 Å². The van der Waals surface area contributed by atoms with Gasteiger partial charge in [0, 0.05) is 18.5 Å². The third-order valence-electron chi connectivity index (χ3n) is 3.81. The fourth-order valence-corrected chi connectivity index (χ4v) is 2.79. The SMILES string of the molecule is COc1ccc([C@H](c2ccccc2)[C@H]2C=CCN2)cc1. The molecule has 20 heavy (non-hydrogen) atoms. The van der Waals surface area contributed by atoms with E-state index in [9.17, 15) is 0 Å². The second kappa shape index (κ2) is 5.93. The van der Waals surface area contributed by atoms with Crippen LogP contribution in [0.15, 0.2) is 66.7 Å². The monoisotopic (exact) mass is 265 g/mol. The van der Waals surface area contributed by atoms with Crippen molar-refractivity contribution in [3.8, 4) is 5.75 Å². The zero-order valence-corrected chi connectivity index (χ0v) is 11.6. The van der Waals surface area contributed by atoms with Crippen molar-refractivity contribution in [1.29, 1.82) is 0 Å². The van der Waals surface area contributed by atoms with Crippen molar-refractivity contribution in [2.24, 2.45) is 0 Å². The van der Waals surface area contributed by atoms with Crippen molar-refractivity contribution in [2.45, 2.75) is 12.0 Å². The van der Waals surface area contributed by atoms with Gasteiger partial charge in [0.05, 0.1) is 7.11 Å². The van der Waals surface area contributed by atoms with Gasteiger partial charge in [-0.05, 0) is 23.3 Å². The van der Waals surface area contributed by atoms with Gasteiger partial charge in [-0.2, -0.15) is 0 Å². The van der Waals surface area contributed by atoms with Gasteiger partial charge < -0.3 is 10.1 Å². The first-order valence-corrected chi connectivity index (χ1v) is 6.97. The topological polar surface area (TPSA) is 21.3 Å². The lowest BCUT2D eigenvalue weighted by Crippen LogP contribution is -2.29. The average molecular weight is 265 g/mol. The van der Waals surface area contributed by atoms with E-state index in [-0.39, 0.29) is 0 Å². The number of rotatable bonds is 4. The zero-order valence-electron chi connectivity index (χ0n) is 11.6. The quantitative estimate of drug-likeness (QED) is 0.856. The number of nitrogens with one attached hydrogen (secondary N) is 1. The number of benzene rings is 2. The van der Waals surface area contributed by atoms with E-state index in [1.54, 1.807) is 7.11 Å². The zero-order chi connectivity index (χ0) is 13.8. The Morgan fingerprint density at radius 3 is 2.30 bits per heavy atom. The van der Waals surface area contributed by atoms with Gasteiger partial charge in [0.25, 0.3) is 0 Å². The van der Waals surface area contributed by atoms with Crippen LogP contribution in [0.2, 0.25) is 0 Å². The summed E-state index contributed by atoms with van der Waals surface area (Å²) in [7, 11) is 1.70. The Morgan fingerprint density at radius 1 is 1.00 bits per heavy atom. The summed E-state index contributed by atoms with van der Waals surface area (Å²) in [4.78, 5) is 0. The highest BCUT2D eigenvalue weighted by Crippen LogP contribution is 2.31. The molecule has 0 aliphatic carbocycles. The molecule has 0 saturated heterocycles. The van der Waals surface area contributed by atoms with Crippen molar-refractivity contribution < 1.29 is 4.74 Å². The molecule has 0 saturated carbocycles. The van der Waals surface area contributed by atoms with Gasteiger partial charge in [0.15, 0.2) is 0 Å². The molecular formula is C18H19NO. The Kier molecular flexibility index (Phi) is 3.84. The predicted octanol–water partition coefficient (Wildman–Crippen LogP) is 3.36. The van der Waals surface area contributed by atoms with E-state index in [0.29, 0.717) is 12.0 Å². The van der Waals surface area contributed by atoms with E-state index in [4.69, 9.17) is 4.74 Å². The minimum atomic E-state index is 0.334. The van der Waals surface area contributed by atoms with Gasteiger partial charge in [-0.1, -0.05) is 54.6 Å². The lowest BCUT2D eigenvalue weighted by atomic mass is 9.85. The molecule has 1 aliphatic heterocycles. The summed E-state index contributed by atoms with van der Waals surface area (Å²) in [6.07, 6.45) is 4.46. The maximum absolute atomic E-state index is 5.25. The maximum atomic E-state index is 5.25. The van der Waals surface area contributed by atoms with Crippen LogP contribution in [0.3, 0.4) is 0 Å². The lowest BCUT2D eigenvalue weighted by molar-refractivity contribution is 0.414. The smallest absolute Gasteiger partial charge is 0.118 e. The summed E-state index contributed by atoms with van der Waals surface area (Å²) in [5, 5.41) is 3.54. The molecule has 0 fully saturated rings. The Morgan fingerprint density at radius 2 is 1.70 bits per heavy atom. The fraction of sp³-hybridized carbons (Fsp3) is 0.222. The summed E-state index contributed by atoms with van der Waals surface area (Å²) in [5.74, 6) is 1.23. The highest BCUT2D eigenvalue weighted by molar-refractivity contribution is 5.39. The Labute approximate surface area is 120 Å². The minimum Gasteiger partial charge on any atom is -0.497 e. The van der Waals surface area contributed by atoms with Gasteiger partial charge in [0.2, 0.25) is 0 Å².